The van der Waals surface area contributed by atoms with Gasteiger partial charge in [0.15, 0.2) is 0 Å². The van der Waals surface area contributed by atoms with Gasteiger partial charge in [-0.05, 0) is 41.4 Å². The van der Waals surface area contributed by atoms with E-state index in [1.807, 2.05) is 19.9 Å². The lowest BCUT2D eigenvalue weighted by Crippen LogP contribution is -2.15. The Morgan fingerprint density at radius 3 is 2.79 bits per heavy atom. The molecule has 4 heteroatoms. The number of nitrogens with zero attached hydrogens (tertiary/aromatic N) is 2. The van der Waals surface area contributed by atoms with Crippen molar-refractivity contribution in [3.63, 3.8) is 0 Å². The van der Waals surface area contributed by atoms with Crippen molar-refractivity contribution in [2.45, 2.75) is 13.8 Å². The van der Waals surface area contributed by atoms with Crippen molar-refractivity contribution in [2.75, 3.05) is 0 Å². The minimum absolute atomic E-state index is 0.0445. The van der Waals surface area contributed by atoms with Crippen LogP contribution in [0.1, 0.15) is 11.3 Å². The van der Waals surface area contributed by atoms with Crippen LogP contribution >= 0.6 is 15.9 Å². The normalized spacial score (nSPS) is 10.8. The van der Waals surface area contributed by atoms with Crippen LogP contribution in [-0.2, 0) is 0 Å². The topological polar surface area (TPSA) is 34.4 Å². The van der Waals surface area contributed by atoms with Crippen LogP contribution in [0.3, 0.4) is 0 Å². The van der Waals surface area contributed by atoms with Gasteiger partial charge in [-0.2, -0.15) is 0 Å². The molecule has 2 heterocycles. The van der Waals surface area contributed by atoms with E-state index >= 15 is 0 Å². The first-order chi connectivity index (χ1) is 6.58. The molecule has 0 fully saturated rings. The van der Waals surface area contributed by atoms with Gasteiger partial charge in [-0.1, -0.05) is 0 Å². The molecule has 0 N–H and O–H groups in total. The summed E-state index contributed by atoms with van der Waals surface area (Å²) < 4.78 is 2.43. The van der Waals surface area contributed by atoms with Crippen LogP contribution in [0, 0.1) is 13.8 Å². The van der Waals surface area contributed by atoms with Crippen LogP contribution in [0.4, 0.5) is 0 Å². The lowest BCUT2D eigenvalue weighted by Gasteiger charge is -2.04. The second-order valence-corrected chi connectivity index (χ2v) is 4.19. The van der Waals surface area contributed by atoms with E-state index in [0.29, 0.717) is 0 Å². The maximum atomic E-state index is 11.6. The van der Waals surface area contributed by atoms with Gasteiger partial charge in [-0.15, -0.1) is 0 Å². The van der Waals surface area contributed by atoms with E-state index in [9.17, 15) is 4.79 Å². The Bertz CT molecular complexity index is 560. The summed E-state index contributed by atoms with van der Waals surface area (Å²) in [5.41, 5.74) is 2.41. The quantitative estimate of drug-likeness (QED) is 0.720. The highest BCUT2D eigenvalue weighted by molar-refractivity contribution is 9.10. The molecule has 0 saturated carbocycles. The molecule has 14 heavy (non-hydrogen) atoms. The molecule has 0 unspecified atom stereocenters. The first-order valence-electron chi connectivity index (χ1n) is 4.24. The van der Waals surface area contributed by atoms with E-state index in [4.69, 9.17) is 0 Å². The molecule has 0 aliphatic rings. The number of pyridine rings is 1. The molecule has 3 nitrogen and oxygen atoms in total. The summed E-state index contributed by atoms with van der Waals surface area (Å²) in [6, 6.07) is 3.47. The van der Waals surface area contributed by atoms with Gasteiger partial charge in [0.1, 0.15) is 5.65 Å². The van der Waals surface area contributed by atoms with Crippen molar-refractivity contribution in [3.8, 4) is 0 Å². The SMILES string of the molecule is Cc1cc(=O)n2cc(Br)cc(C)c2n1. The molecular formula is C10H9BrN2O. The molecule has 0 aliphatic heterocycles. The number of hydrogen-bond donors (Lipinski definition) is 0. The number of aromatic nitrogens is 2. The monoisotopic (exact) mass is 252 g/mol. The van der Waals surface area contributed by atoms with Crippen LogP contribution in [0.25, 0.3) is 5.65 Å². The molecule has 0 amide bonds. The van der Waals surface area contributed by atoms with Gasteiger partial charge in [0.25, 0.3) is 5.56 Å². The molecule has 2 aromatic rings. The summed E-state index contributed by atoms with van der Waals surface area (Å²) in [5.74, 6) is 0. The van der Waals surface area contributed by atoms with Crippen LogP contribution in [0.2, 0.25) is 0 Å². The fourth-order valence-electron chi connectivity index (χ4n) is 1.44. The fraction of sp³-hybridized carbons (Fsp3) is 0.200. The van der Waals surface area contributed by atoms with Crippen LogP contribution in [0.5, 0.6) is 0 Å². The Hall–Kier alpha value is -1.16. The number of aryl methyl sites for hydroxylation is 2. The lowest BCUT2D eigenvalue weighted by atomic mass is 10.3. The number of halogens is 1. The molecule has 2 rings (SSSR count). The average molecular weight is 253 g/mol. The molecule has 0 aliphatic carbocycles. The minimum Gasteiger partial charge on any atom is -0.269 e. The smallest absolute Gasteiger partial charge is 0.258 e. The molecule has 0 aromatic carbocycles. The molecule has 2 aromatic heterocycles. The van der Waals surface area contributed by atoms with E-state index in [2.05, 4.69) is 20.9 Å². The minimum atomic E-state index is -0.0445. The molecule has 72 valence electrons. The van der Waals surface area contributed by atoms with Crippen molar-refractivity contribution in [3.05, 3.63) is 44.4 Å². The highest BCUT2D eigenvalue weighted by atomic mass is 79.9. The second-order valence-electron chi connectivity index (χ2n) is 3.27. The molecular weight excluding hydrogens is 244 g/mol. The molecule has 0 bridgehead atoms. The molecule has 0 radical (unpaired) electrons. The second kappa shape index (κ2) is 3.20. The third-order valence-electron chi connectivity index (χ3n) is 2.04. The van der Waals surface area contributed by atoms with E-state index in [1.54, 1.807) is 10.6 Å². The molecule has 0 saturated heterocycles. The van der Waals surface area contributed by atoms with Gasteiger partial charge in [0.2, 0.25) is 0 Å². The van der Waals surface area contributed by atoms with Crippen molar-refractivity contribution in [1.29, 1.82) is 0 Å². The Labute approximate surface area is 89.5 Å². The van der Waals surface area contributed by atoms with E-state index in [0.717, 1.165) is 21.4 Å². The Morgan fingerprint density at radius 1 is 1.36 bits per heavy atom. The van der Waals surface area contributed by atoms with Gasteiger partial charge < -0.3 is 0 Å². The summed E-state index contributed by atoms with van der Waals surface area (Å²) in [5, 5.41) is 0. The van der Waals surface area contributed by atoms with E-state index < -0.39 is 0 Å². The van der Waals surface area contributed by atoms with Crippen LogP contribution < -0.4 is 5.56 Å². The van der Waals surface area contributed by atoms with Gasteiger partial charge in [-0.25, -0.2) is 4.98 Å². The fourth-order valence-corrected chi connectivity index (χ4v) is 1.99. The summed E-state index contributed by atoms with van der Waals surface area (Å²) in [6.07, 6.45) is 1.73. The van der Waals surface area contributed by atoms with Gasteiger partial charge in [0, 0.05) is 22.4 Å². The first kappa shape index (κ1) is 9.40. The van der Waals surface area contributed by atoms with E-state index in [-0.39, 0.29) is 5.56 Å². The zero-order valence-electron chi connectivity index (χ0n) is 7.91. The molecule has 0 spiro atoms. The van der Waals surface area contributed by atoms with Crippen LogP contribution in [0.15, 0.2) is 27.6 Å². The third kappa shape index (κ3) is 1.46. The number of rotatable bonds is 0. The predicted molar refractivity (Wildman–Crippen MR) is 58.6 cm³/mol. The number of fused-ring (bicyclic) bond motifs is 1. The summed E-state index contributed by atoms with van der Waals surface area (Å²) >= 11 is 3.35. The highest BCUT2D eigenvalue weighted by Crippen LogP contribution is 2.14. The van der Waals surface area contributed by atoms with Gasteiger partial charge >= 0.3 is 0 Å². The average Bonchev–Trinajstić information content (AvgIpc) is 2.07. The summed E-state index contributed by atoms with van der Waals surface area (Å²) in [7, 11) is 0. The maximum absolute atomic E-state index is 11.6. The molecule has 0 atom stereocenters. The maximum Gasteiger partial charge on any atom is 0.258 e. The predicted octanol–water partition coefficient (Wildman–Crippen LogP) is 2.07. The van der Waals surface area contributed by atoms with Crippen molar-refractivity contribution in [2.24, 2.45) is 0 Å². The summed E-state index contributed by atoms with van der Waals surface area (Å²) in [6.45, 7) is 3.76. The van der Waals surface area contributed by atoms with Crippen molar-refractivity contribution >= 4 is 21.6 Å². The van der Waals surface area contributed by atoms with Gasteiger partial charge in [-0.3, -0.25) is 9.20 Å². The lowest BCUT2D eigenvalue weighted by molar-refractivity contribution is 1.00. The first-order valence-corrected chi connectivity index (χ1v) is 5.03. The standard InChI is InChI=1S/C10H9BrN2O/c1-6-3-8(11)5-13-9(14)4-7(2)12-10(6)13/h3-5H,1-2H3. The zero-order chi connectivity index (χ0) is 10.3. The van der Waals surface area contributed by atoms with Crippen molar-refractivity contribution in [1.82, 2.24) is 9.38 Å². The van der Waals surface area contributed by atoms with Crippen LogP contribution in [-0.4, -0.2) is 9.38 Å². The largest absolute Gasteiger partial charge is 0.269 e. The number of hydrogen-bond acceptors (Lipinski definition) is 2. The Kier molecular flexibility index (Phi) is 2.15. The Balaban J connectivity index is 3.02. The highest BCUT2D eigenvalue weighted by Gasteiger charge is 2.03. The third-order valence-corrected chi connectivity index (χ3v) is 2.47. The zero-order valence-corrected chi connectivity index (χ0v) is 9.50. The van der Waals surface area contributed by atoms with Crippen molar-refractivity contribution < 1.29 is 0 Å². The van der Waals surface area contributed by atoms with Gasteiger partial charge in [0.05, 0.1) is 0 Å². The Morgan fingerprint density at radius 2 is 2.07 bits per heavy atom. The summed E-state index contributed by atoms with van der Waals surface area (Å²) in [4.78, 5) is 15.9. The van der Waals surface area contributed by atoms with E-state index in [1.165, 1.54) is 6.07 Å².